The third-order valence-electron chi connectivity index (χ3n) is 2.45. The van der Waals surface area contributed by atoms with Crippen LogP contribution >= 0.6 is 22.9 Å². The molecule has 0 saturated carbocycles. The van der Waals surface area contributed by atoms with Crippen LogP contribution in [0.15, 0.2) is 36.7 Å². The predicted octanol–water partition coefficient (Wildman–Crippen LogP) is 3.53. The Labute approximate surface area is 106 Å². The average Bonchev–Trinajstić information content (AvgIpc) is 2.93. The molecule has 5 heteroatoms. The Morgan fingerprint density at radius 1 is 1.35 bits per heavy atom. The van der Waals surface area contributed by atoms with Crippen LogP contribution in [0.5, 0.6) is 0 Å². The smallest absolute Gasteiger partial charge is 0.150 e. The first-order chi connectivity index (χ1) is 8.26. The summed E-state index contributed by atoms with van der Waals surface area (Å²) in [5.41, 5.74) is 2.25. The van der Waals surface area contributed by atoms with Gasteiger partial charge in [0.2, 0.25) is 0 Å². The predicted molar refractivity (Wildman–Crippen MR) is 68.9 cm³/mol. The molecule has 0 N–H and O–H groups in total. The molecule has 0 amide bonds. The van der Waals surface area contributed by atoms with Crippen molar-refractivity contribution in [3.05, 3.63) is 46.6 Å². The molecule has 0 unspecified atom stereocenters. The molecular weight excluding hydrogens is 256 g/mol. The standard InChI is InChI=1S/C12H7ClN2OS/c13-11-2-1-10(17-11)9-6-15-4-3-8(7-16)5-12(15)14-9/h1-7H. The van der Waals surface area contributed by atoms with Crippen LogP contribution in [0.1, 0.15) is 10.4 Å². The molecule has 3 nitrogen and oxygen atoms in total. The zero-order chi connectivity index (χ0) is 11.8. The van der Waals surface area contributed by atoms with Gasteiger partial charge in [0.05, 0.1) is 14.9 Å². The van der Waals surface area contributed by atoms with Gasteiger partial charge < -0.3 is 4.40 Å². The van der Waals surface area contributed by atoms with Crippen LogP contribution in [-0.4, -0.2) is 15.7 Å². The highest BCUT2D eigenvalue weighted by molar-refractivity contribution is 7.19. The lowest BCUT2D eigenvalue weighted by Crippen LogP contribution is -1.85. The summed E-state index contributed by atoms with van der Waals surface area (Å²) in [7, 11) is 0. The third kappa shape index (κ3) is 1.85. The van der Waals surface area contributed by atoms with Gasteiger partial charge in [-0.3, -0.25) is 4.79 Å². The van der Waals surface area contributed by atoms with Crippen molar-refractivity contribution in [3.8, 4) is 10.6 Å². The lowest BCUT2D eigenvalue weighted by atomic mass is 10.3. The van der Waals surface area contributed by atoms with Gasteiger partial charge in [0, 0.05) is 18.0 Å². The highest BCUT2D eigenvalue weighted by Gasteiger charge is 2.07. The van der Waals surface area contributed by atoms with Gasteiger partial charge in [0.1, 0.15) is 11.9 Å². The van der Waals surface area contributed by atoms with Crippen LogP contribution in [0.25, 0.3) is 16.2 Å². The molecule has 0 aliphatic heterocycles. The van der Waals surface area contributed by atoms with E-state index in [1.165, 1.54) is 11.3 Å². The van der Waals surface area contributed by atoms with Crippen molar-refractivity contribution in [3.63, 3.8) is 0 Å². The molecule has 3 aromatic rings. The number of carbonyl (C=O) groups excluding carboxylic acids is 1. The summed E-state index contributed by atoms with van der Waals surface area (Å²) < 4.78 is 2.63. The molecule has 17 heavy (non-hydrogen) atoms. The summed E-state index contributed by atoms with van der Waals surface area (Å²) in [6.45, 7) is 0. The van der Waals surface area contributed by atoms with Crippen LogP contribution in [0.4, 0.5) is 0 Å². The van der Waals surface area contributed by atoms with Crippen molar-refractivity contribution in [2.75, 3.05) is 0 Å². The summed E-state index contributed by atoms with van der Waals surface area (Å²) in [6.07, 6.45) is 4.56. The molecule has 3 aromatic heterocycles. The van der Waals surface area contributed by atoms with Crippen molar-refractivity contribution >= 4 is 34.9 Å². The van der Waals surface area contributed by atoms with Gasteiger partial charge in [-0.25, -0.2) is 4.98 Å². The summed E-state index contributed by atoms with van der Waals surface area (Å²) in [5.74, 6) is 0. The van der Waals surface area contributed by atoms with E-state index in [0.717, 1.165) is 26.8 Å². The van der Waals surface area contributed by atoms with Crippen LogP contribution in [-0.2, 0) is 0 Å². The van der Waals surface area contributed by atoms with E-state index in [-0.39, 0.29) is 0 Å². The number of thiophene rings is 1. The molecule has 0 aliphatic rings. The molecule has 84 valence electrons. The Balaban J connectivity index is 2.16. The van der Waals surface area contributed by atoms with Crippen molar-refractivity contribution in [1.29, 1.82) is 0 Å². The molecule has 0 fully saturated rings. The third-order valence-corrected chi connectivity index (χ3v) is 3.70. The minimum atomic E-state index is 0.624. The maximum absolute atomic E-state index is 10.7. The van der Waals surface area contributed by atoms with Gasteiger partial charge in [-0.2, -0.15) is 0 Å². The van der Waals surface area contributed by atoms with Crippen LogP contribution in [0.3, 0.4) is 0 Å². The lowest BCUT2D eigenvalue weighted by molar-refractivity contribution is 0.112. The SMILES string of the molecule is O=Cc1ccn2cc(-c3ccc(Cl)s3)nc2c1. The van der Waals surface area contributed by atoms with Gasteiger partial charge in [-0.15, -0.1) is 11.3 Å². The minimum absolute atomic E-state index is 0.624. The number of halogens is 1. The van der Waals surface area contributed by atoms with Crippen LogP contribution in [0.2, 0.25) is 4.34 Å². The zero-order valence-corrected chi connectivity index (χ0v) is 10.2. The number of fused-ring (bicyclic) bond motifs is 1. The maximum Gasteiger partial charge on any atom is 0.150 e. The molecule has 0 atom stereocenters. The van der Waals surface area contributed by atoms with Gasteiger partial charge in [-0.1, -0.05) is 11.6 Å². The van der Waals surface area contributed by atoms with E-state index in [2.05, 4.69) is 4.98 Å². The van der Waals surface area contributed by atoms with Crippen molar-refractivity contribution in [2.45, 2.75) is 0 Å². The van der Waals surface area contributed by atoms with Crippen molar-refractivity contribution in [2.24, 2.45) is 0 Å². The maximum atomic E-state index is 10.7. The van der Waals surface area contributed by atoms with Crippen LogP contribution in [0, 0.1) is 0 Å². The number of rotatable bonds is 2. The quantitative estimate of drug-likeness (QED) is 0.662. The number of nitrogens with zero attached hydrogens (tertiary/aromatic N) is 2. The van der Waals surface area contributed by atoms with E-state index in [9.17, 15) is 4.79 Å². The van der Waals surface area contributed by atoms with E-state index < -0.39 is 0 Å². The first kappa shape index (κ1) is 10.5. The van der Waals surface area contributed by atoms with E-state index in [1.54, 1.807) is 12.1 Å². The highest BCUT2D eigenvalue weighted by atomic mass is 35.5. The molecule has 0 bridgehead atoms. The van der Waals surface area contributed by atoms with Crippen molar-refractivity contribution in [1.82, 2.24) is 9.38 Å². The second kappa shape index (κ2) is 3.98. The minimum Gasteiger partial charge on any atom is -0.306 e. The Morgan fingerprint density at radius 3 is 2.94 bits per heavy atom. The molecule has 0 aliphatic carbocycles. The molecule has 0 saturated heterocycles. The lowest BCUT2D eigenvalue weighted by Gasteiger charge is -1.91. The van der Waals surface area contributed by atoms with Crippen molar-refractivity contribution < 1.29 is 4.79 Å². The average molecular weight is 263 g/mol. The highest BCUT2D eigenvalue weighted by Crippen LogP contribution is 2.30. The summed E-state index contributed by atoms with van der Waals surface area (Å²) in [6, 6.07) is 7.30. The number of hydrogen-bond acceptors (Lipinski definition) is 3. The summed E-state index contributed by atoms with van der Waals surface area (Å²) in [5, 5.41) is 0. The summed E-state index contributed by atoms with van der Waals surface area (Å²) in [4.78, 5) is 16.2. The van der Waals surface area contributed by atoms with E-state index >= 15 is 0 Å². The Morgan fingerprint density at radius 2 is 2.24 bits per heavy atom. The van der Waals surface area contributed by atoms with E-state index in [1.807, 2.05) is 28.9 Å². The molecule has 0 spiro atoms. The monoisotopic (exact) mass is 262 g/mol. The fraction of sp³-hybridized carbons (Fsp3) is 0. The van der Waals surface area contributed by atoms with Gasteiger partial charge in [-0.05, 0) is 24.3 Å². The Kier molecular flexibility index (Phi) is 2.46. The number of aldehydes is 1. The van der Waals surface area contributed by atoms with Gasteiger partial charge in [0.25, 0.3) is 0 Å². The number of imidazole rings is 1. The number of pyridine rings is 1. The molecule has 3 rings (SSSR count). The van der Waals surface area contributed by atoms with E-state index in [4.69, 9.17) is 11.6 Å². The molecule has 0 aromatic carbocycles. The topological polar surface area (TPSA) is 34.4 Å². The molecule has 0 radical (unpaired) electrons. The molecular formula is C12H7ClN2OS. The number of aromatic nitrogens is 2. The second-order valence-electron chi connectivity index (χ2n) is 3.57. The normalized spacial score (nSPS) is 10.9. The number of carbonyl (C=O) groups is 1. The van der Waals surface area contributed by atoms with Gasteiger partial charge >= 0.3 is 0 Å². The first-order valence-corrected chi connectivity index (χ1v) is 6.15. The number of hydrogen-bond donors (Lipinski definition) is 0. The van der Waals surface area contributed by atoms with Gasteiger partial charge in [0.15, 0.2) is 0 Å². The fourth-order valence-electron chi connectivity index (χ4n) is 1.64. The van der Waals surface area contributed by atoms with E-state index in [0.29, 0.717) is 5.56 Å². The fourth-order valence-corrected chi connectivity index (χ4v) is 2.64. The second-order valence-corrected chi connectivity index (χ2v) is 5.29. The first-order valence-electron chi connectivity index (χ1n) is 4.96. The summed E-state index contributed by atoms with van der Waals surface area (Å²) >= 11 is 7.38. The largest absolute Gasteiger partial charge is 0.306 e. The Bertz CT molecular complexity index is 701. The Hall–Kier alpha value is -1.65. The zero-order valence-electron chi connectivity index (χ0n) is 8.63. The molecule has 3 heterocycles. The van der Waals surface area contributed by atoms with Crippen LogP contribution < -0.4 is 0 Å².